The zero-order chi connectivity index (χ0) is 16.2. The summed E-state index contributed by atoms with van der Waals surface area (Å²) in [6.45, 7) is 2.91. The van der Waals surface area contributed by atoms with E-state index in [1.54, 1.807) is 12.1 Å². The minimum absolute atomic E-state index is 0.00910. The van der Waals surface area contributed by atoms with Gasteiger partial charge >= 0.3 is 0 Å². The van der Waals surface area contributed by atoms with Gasteiger partial charge in [-0.15, -0.1) is 10.2 Å². The van der Waals surface area contributed by atoms with Crippen LogP contribution in [0.1, 0.15) is 6.92 Å². The number of fused-ring (bicyclic) bond motifs is 1. The van der Waals surface area contributed by atoms with E-state index in [0.717, 1.165) is 28.7 Å². The van der Waals surface area contributed by atoms with E-state index >= 15 is 0 Å². The molecule has 0 spiro atoms. The zero-order valence-electron chi connectivity index (χ0n) is 12.6. The Morgan fingerprint density at radius 1 is 0.957 bits per heavy atom. The van der Waals surface area contributed by atoms with Gasteiger partial charge in [0.05, 0.1) is 5.69 Å². The highest BCUT2D eigenvalue weighted by Gasteiger charge is 2.05. The molecule has 0 saturated carbocycles. The molecule has 0 aliphatic carbocycles. The SMILES string of the molecule is CCNc1ccc(N=Nc2ccc(Cl)cc2O)c2ccccc12. The van der Waals surface area contributed by atoms with Gasteiger partial charge in [-0.1, -0.05) is 35.9 Å². The maximum atomic E-state index is 9.85. The highest BCUT2D eigenvalue weighted by atomic mass is 35.5. The summed E-state index contributed by atoms with van der Waals surface area (Å²) in [5.41, 5.74) is 2.20. The summed E-state index contributed by atoms with van der Waals surface area (Å²) < 4.78 is 0. The molecule has 0 aromatic heterocycles. The van der Waals surface area contributed by atoms with Gasteiger partial charge < -0.3 is 10.4 Å². The number of nitrogens with one attached hydrogen (secondary N) is 1. The average molecular weight is 326 g/mol. The van der Waals surface area contributed by atoms with Gasteiger partial charge in [-0.2, -0.15) is 0 Å². The lowest BCUT2D eigenvalue weighted by molar-refractivity contribution is 0.476. The number of halogens is 1. The van der Waals surface area contributed by atoms with Crippen molar-refractivity contribution in [1.29, 1.82) is 0 Å². The minimum atomic E-state index is 0.00910. The van der Waals surface area contributed by atoms with Crippen LogP contribution in [0.5, 0.6) is 5.75 Å². The fourth-order valence-electron chi connectivity index (χ4n) is 2.40. The third-order valence-electron chi connectivity index (χ3n) is 3.47. The number of phenols is 1. The van der Waals surface area contributed by atoms with E-state index in [9.17, 15) is 5.11 Å². The van der Waals surface area contributed by atoms with Crippen molar-refractivity contribution < 1.29 is 5.11 Å². The largest absolute Gasteiger partial charge is 0.506 e. The van der Waals surface area contributed by atoms with E-state index in [-0.39, 0.29) is 5.75 Å². The molecule has 3 aromatic carbocycles. The quantitative estimate of drug-likeness (QED) is 0.574. The number of anilines is 1. The molecule has 0 fully saturated rings. The normalized spacial score (nSPS) is 11.2. The van der Waals surface area contributed by atoms with Crippen LogP contribution in [0, 0.1) is 0 Å². The average Bonchev–Trinajstić information content (AvgIpc) is 2.56. The first kappa shape index (κ1) is 15.3. The fourth-order valence-corrected chi connectivity index (χ4v) is 2.57. The summed E-state index contributed by atoms with van der Waals surface area (Å²) in [5, 5.41) is 24.2. The number of hydrogen-bond acceptors (Lipinski definition) is 4. The van der Waals surface area contributed by atoms with Crippen molar-refractivity contribution in [3.63, 3.8) is 0 Å². The first-order valence-electron chi connectivity index (χ1n) is 7.35. The van der Waals surface area contributed by atoms with Gasteiger partial charge in [0.25, 0.3) is 0 Å². The van der Waals surface area contributed by atoms with E-state index in [4.69, 9.17) is 11.6 Å². The Bertz CT molecular complexity index is 877. The van der Waals surface area contributed by atoms with Crippen LogP contribution in [0.3, 0.4) is 0 Å². The van der Waals surface area contributed by atoms with Crippen LogP contribution in [-0.4, -0.2) is 11.7 Å². The molecule has 0 aliphatic heterocycles. The third kappa shape index (κ3) is 3.27. The number of benzene rings is 3. The molecule has 0 atom stereocenters. The summed E-state index contributed by atoms with van der Waals surface area (Å²) in [6.07, 6.45) is 0. The van der Waals surface area contributed by atoms with Crippen LogP contribution >= 0.6 is 11.6 Å². The number of phenolic OH excluding ortho intramolecular Hbond substituents is 1. The van der Waals surface area contributed by atoms with Crippen LogP contribution in [0.2, 0.25) is 5.02 Å². The van der Waals surface area contributed by atoms with E-state index in [0.29, 0.717) is 10.7 Å². The van der Waals surface area contributed by atoms with Gasteiger partial charge in [-0.3, -0.25) is 0 Å². The Balaban J connectivity index is 2.03. The number of aromatic hydroxyl groups is 1. The molecule has 0 unspecified atom stereocenters. The fraction of sp³-hybridized carbons (Fsp3) is 0.111. The molecular formula is C18H16ClN3O. The second-order valence-corrected chi connectivity index (χ2v) is 5.48. The molecule has 2 N–H and O–H groups in total. The molecule has 0 radical (unpaired) electrons. The molecular weight excluding hydrogens is 310 g/mol. The molecule has 0 amide bonds. The molecule has 0 saturated heterocycles. The van der Waals surface area contributed by atoms with Crippen LogP contribution < -0.4 is 5.32 Å². The van der Waals surface area contributed by atoms with Crippen molar-refractivity contribution in [3.8, 4) is 5.75 Å². The molecule has 0 heterocycles. The van der Waals surface area contributed by atoms with Crippen molar-refractivity contribution in [2.24, 2.45) is 10.2 Å². The zero-order valence-corrected chi connectivity index (χ0v) is 13.4. The van der Waals surface area contributed by atoms with Crippen LogP contribution in [0.15, 0.2) is 64.8 Å². The van der Waals surface area contributed by atoms with E-state index in [2.05, 4.69) is 22.5 Å². The maximum Gasteiger partial charge on any atom is 0.144 e. The van der Waals surface area contributed by atoms with Gasteiger partial charge in [-0.05, 0) is 31.2 Å². The summed E-state index contributed by atoms with van der Waals surface area (Å²) >= 11 is 5.82. The monoisotopic (exact) mass is 325 g/mol. The predicted molar refractivity (Wildman–Crippen MR) is 95.4 cm³/mol. The molecule has 116 valence electrons. The van der Waals surface area contributed by atoms with Crippen molar-refractivity contribution in [2.75, 3.05) is 11.9 Å². The molecule has 0 bridgehead atoms. The van der Waals surface area contributed by atoms with Crippen molar-refractivity contribution in [1.82, 2.24) is 0 Å². The standard InChI is InChI=1S/C18H16ClN3O/c1-2-20-15-9-10-16(14-6-4-3-5-13(14)15)21-22-17-8-7-12(19)11-18(17)23/h3-11,20,23H,2H2,1H3. The van der Waals surface area contributed by atoms with Gasteiger partial charge in [0, 0.05) is 34.1 Å². The Kier molecular flexibility index (Phi) is 4.44. The highest BCUT2D eigenvalue weighted by Crippen LogP contribution is 2.35. The maximum absolute atomic E-state index is 9.85. The van der Waals surface area contributed by atoms with Gasteiger partial charge in [-0.25, -0.2) is 0 Å². The second-order valence-electron chi connectivity index (χ2n) is 5.04. The second kappa shape index (κ2) is 6.67. The summed E-state index contributed by atoms with van der Waals surface area (Å²) in [7, 11) is 0. The molecule has 0 aliphatic rings. The topological polar surface area (TPSA) is 57.0 Å². The summed E-state index contributed by atoms with van der Waals surface area (Å²) in [5.74, 6) is 0.00910. The molecule has 3 rings (SSSR count). The molecule has 3 aromatic rings. The first-order valence-corrected chi connectivity index (χ1v) is 7.72. The van der Waals surface area contributed by atoms with Crippen molar-refractivity contribution >= 4 is 39.4 Å². The molecule has 23 heavy (non-hydrogen) atoms. The Morgan fingerprint density at radius 3 is 2.39 bits per heavy atom. The van der Waals surface area contributed by atoms with Gasteiger partial charge in [0.1, 0.15) is 11.4 Å². The minimum Gasteiger partial charge on any atom is -0.506 e. The van der Waals surface area contributed by atoms with Gasteiger partial charge in [0.2, 0.25) is 0 Å². The molecule has 5 heteroatoms. The van der Waals surface area contributed by atoms with E-state index in [1.165, 1.54) is 6.07 Å². The molecule has 4 nitrogen and oxygen atoms in total. The Morgan fingerprint density at radius 2 is 1.65 bits per heavy atom. The lowest BCUT2D eigenvalue weighted by Gasteiger charge is -2.09. The number of hydrogen-bond donors (Lipinski definition) is 2. The Labute approximate surface area is 139 Å². The number of rotatable bonds is 4. The van der Waals surface area contributed by atoms with Crippen molar-refractivity contribution in [2.45, 2.75) is 6.92 Å². The van der Waals surface area contributed by atoms with Gasteiger partial charge in [0.15, 0.2) is 0 Å². The summed E-state index contributed by atoms with van der Waals surface area (Å²) in [4.78, 5) is 0. The van der Waals surface area contributed by atoms with Crippen LogP contribution in [0.25, 0.3) is 10.8 Å². The number of nitrogens with zero attached hydrogens (tertiary/aromatic N) is 2. The highest BCUT2D eigenvalue weighted by molar-refractivity contribution is 6.30. The first-order chi connectivity index (χ1) is 11.2. The van der Waals surface area contributed by atoms with Crippen LogP contribution in [-0.2, 0) is 0 Å². The number of azo groups is 1. The summed E-state index contributed by atoms with van der Waals surface area (Å²) in [6, 6.07) is 16.7. The third-order valence-corrected chi connectivity index (χ3v) is 3.71. The Hall–Kier alpha value is -2.59. The van der Waals surface area contributed by atoms with E-state index < -0.39 is 0 Å². The smallest absolute Gasteiger partial charge is 0.144 e. The lowest BCUT2D eigenvalue weighted by Crippen LogP contribution is -1.96. The van der Waals surface area contributed by atoms with Crippen LogP contribution in [0.4, 0.5) is 17.1 Å². The predicted octanol–water partition coefficient (Wildman–Crippen LogP) is 6.05. The lowest BCUT2D eigenvalue weighted by atomic mass is 10.1. The van der Waals surface area contributed by atoms with E-state index in [1.807, 2.05) is 36.4 Å². The van der Waals surface area contributed by atoms with Crippen molar-refractivity contribution in [3.05, 3.63) is 59.6 Å².